The van der Waals surface area contributed by atoms with E-state index in [2.05, 4.69) is 65.0 Å². The minimum absolute atomic E-state index is 0.589. The largest absolute Gasteiger partial charge is 0.0769 e. The number of hydrogen-bond acceptors (Lipinski definition) is 0. The minimum Gasteiger partial charge on any atom is -0.0769 e. The summed E-state index contributed by atoms with van der Waals surface area (Å²) in [6.45, 7) is 11.3. The lowest BCUT2D eigenvalue weighted by Crippen LogP contribution is -2.05. The van der Waals surface area contributed by atoms with E-state index in [1.54, 1.807) is 0 Å². The second-order valence-corrected chi connectivity index (χ2v) is 5.28. The summed E-state index contributed by atoms with van der Waals surface area (Å²) in [6.07, 6.45) is 1.24. The van der Waals surface area contributed by atoms with E-state index in [4.69, 9.17) is 0 Å². The van der Waals surface area contributed by atoms with Crippen LogP contribution in [0.15, 0.2) is 41.5 Å². The molecule has 0 saturated heterocycles. The third-order valence-corrected chi connectivity index (χ3v) is 3.22. The van der Waals surface area contributed by atoms with E-state index < -0.39 is 0 Å². The summed E-state index contributed by atoms with van der Waals surface area (Å²) in [5.41, 5.74) is 4.43. The van der Waals surface area contributed by atoms with E-state index >= 15 is 0 Å². The summed E-state index contributed by atoms with van der Waals surface area (Å²) < 4.78 is 0. The molecule has 0 aliphatic carbocycles. The Labute approximate surface area is 100 Å². The molecule has 0 saturated carbocycles. The van der Waals surface area contributed by atoms with E-state index in [0.29, 0.717) is 5.92 Å². The summed E-state index contributed by atoms with van der Waals surface area (Å²) in [7, 11) is 0. The van der Waals surface area contributed by atoms with Gasteiger partial charge in [0, 0.05) is 5.92 Å². The van der Waals surface area contributed by atoms with E-state index in [1.807, 2.05) is 0 Å². The van der Waals surface area contributed by atoms with Crippen LogP contribution < -0.4 is 0 Å². The van der Waals surface area contributed by atoms with E-state index in [1.165, 1.54) is 23.1 Å². The van der Waals surface area contributed by atoms with Gasteiger partial charge in [-0.2, -0.15) is 0 Å². The van der Waals surface area contributed by atoms with Crippen LogP contribution >= 0.6 is 0 Å². The Morgan fingerprint density at radius 1 is 1.00 bits per heavy atom. The van der Waals surface area contributed by atoms with Crippen LogP contribution in [0.5, 0.6) is 0 Å². The molecule has 1 atom stereocenters. The van der Waals surface area contributed by atoms with E-state index in [9.17, 15) is 0 Å². The van der Waals surface area contributed by atoms with Gasteiger partial charge in [0.05, 0.1) is 0 Å². The third kappa shape index (κ3) is 3.52. The Kier molecular flexibility index (Phi) is 4.79. The molecule has 1 unspecified atom stereocenters. The van der Waals surface area contributed by atoms with Crippen LogP contribution in [0.25, 0.3) is 0 Å². The van der Waals surface area contributed by atoms with Gasteiger partial charge in [-0.25, -0.2) is 0 Å². The first kappa shape index (κ1) is 13.0. The lowest BCUT2D eigenvalue weighted by atomic mass is 9.83. The molecule has 0 spiro atoms. The zero-order valence-electron chi connectivity index (χ0n) is 11.2. The van der Waals surface area contributed by atoms with Crippen LogP contribution in [-0.4, -0.2) is 0 Å². The van der Waals surface area contributed by atoms with Crippen molar-refractivity contribution in [2.45, 2.75) is 47.0 Å². The first-order valence-corrected chi connectivity index (χ1v) is 6.21. The van der Waals surface area contributed by atoms with Crippen molar-refractivity contribution in [2.24, 2.45) is 5.92 Å². The van der Waals surface area contributed by atoms with Gasteiger partial charge in [0.15, 0.2) is 0 Å². The maximum atomic E-state index is 2.30. The molecule has 0 nitrogen and oxygen atoms in total. The summed E-state index contributed by atoms with van der Waals surface area (Å²) in [5, 5.41) is 0. The molecule has 0 N–H and O–H groups in total. The van der Waals surface area contributed by atoms with Gasteiger partial charge in [-0.05, 0) is 38.7 Å². The molecule has 0 aromatic heterocycles. The molecule has 0 aliphatic heterocycles. The van der Waals surface area contributed by atoms with Crippen molar-refractivity contribution in [1.29, 1.82) is 0 Å². The van der Waals surface area contributed by atoms with Crippen LogP contribution in [0.1, 0.15) is 52.5 Å². The highest BCUT2D eigenvalue weighted by Gasteiger charge is 2.15. The van der Waals surface area contributed by atoms with Crippen molar-refractivity contribution in [3.05, 3.63) is 47.0 Å². The maximum absolute atomic E-state index is 2.30. The molecule has 1 rings (SSSR count). The van der Waals surface area contributed by atoms with Gasteiger partial charge >= 0.3 is 0 Å². The van der Waals surface area contributed by atoms with Gasteiger partial charge in [0.2, 0.25) is 0 Å². The number of rotatable bonds is 4. The van der Waals surface area contributed by atoms with Crippen LogP contribution in [0.2, 0.25) is 0 Å². The van der Waals surface area contributed by atoms with Crippen molar-refractivity contribution < 1.29 is 0 Å². The number of hydrogen-bond donors (Lipinski definition) is 0. The molecule has 0 bridgehead atoms. The zero-order chi connectivity index (χ0) is 12.1. The van der Waals surface area contributed by atoms with Crippen LogP contribution in [0.4, 0.5) is 0 Å². The minimum atomic E-state index is 0.589. The highest BCUT2D eigenvalue weighted by Crippen LogP contribution is 2.32. The highest BCUT2D eigenvalue weighted by atomic mass is 14.2. The smallest absolute Gasteiger partial charge is 0.00502 e. The Morgan fingerprint density at radius 3 is 2.00 bits per heavy atom. The molecular formula is C16H24. The quantitative estimate of drug-likeness (QED) is 0.609. The van der Waals surface area contributed by atoms with Crippen molar-refractivity contribution in [3.8, 4) is 0 Å². The predicted octanol–water partition coefficient (Wildman–Crippen LogP) is 5.17. The maximum Gasteiger partial charge on any atom is 0.00502 e. The average molecular weight is 216 g/mol. The normalized spacial score (nSPS) is 12.6. The Morgan fingerprint density at radius 2 is 1.56 bits per heavy atom. The van der Waals surface area contributed by atoms with Crippen molar-refractivity contribution >= 4 is 0 Å². The second kappa shape index (κ2) is 5.89. The molecule has 1 aromatic carbocycles. The Balaban J connectivity index is 3.02. The first-order chi connectivity index (χ1) is 7.52. The SMILES string of the molecule is CC(C)=C(C)C(CC(C)C)c1ccccc1. The monoisotopic (exact) mass is 216 g/mol. The molecule has 0 heteroatoms. The first-order valence-electron chi connectivity index (χ1n) is 6.21. The van der Waals surface area contributed by atoms with Gasteiger partial charge in [-0.3, -0.25) is 0 Å². The molecule has 0 aliphatic rings. The fourth-order valence-electron chi connectivity index (χ4n) is 2.07. The third-order valence-electron chi connectivity index (χ3n) is 3.22. The van der Waals surface area contributed by atoms with Gasteiger partial charge in [0.25, 0.3) is 0 Å². The van der Waals surface area contributed by atoms with Crippen molar-refractivity contribution in [2.75, 3.05) is 0 Å². The number of benzene rings is 1. The van der Waals surface area contributed by atoms with Crippen LogP contribution in [-0.2, 0) is 0 Å². The van der Waals surface area contributed by atoms with E-state index in [0.717, 1.165) is 5.92 Å². The fourth-order valence-corrected chi connectivity index (χ4v) is 2.07. The highest BCUT2D eigenvalue weighted by molar-refractivity contribution is 5.29. The van der Waals surface area contributed by atoms with Crippen molar-refractivity contribution in [1.82, 2.24) is 0 Å². The average Bonchev–Trinajstić information content (AvgIpc) is 2.26. The van der Waals surface area contributed by atoms with Crippen LogP contribution in [0, 0.1) is 5.92 Å². The van der Waals surface area contributed by atoms with E-state index in [-0.39, 0.29) is 0 Å². The van der Waals surface area contributed by atoms with Gasteiger partial charge in [-0.1, -0.05) is 55.3 Å². The summed E-state index contributed by atoms with van der Waals surface area (Å²) >= 11 is 0. The van der Waals surface area contributed by atoms with Gasteiger partial charge < -0.3 is 0 Å². The Bertz CT molecular complexity index is 340. The summed E-state index contributed by atoms with van der Waals surface area (Å²) in [5.74, 6) is 1.32. The molecule has 0 radical (unpaired) electrons. The summed E-state index contributed by atoms with van der Waals surface area (Å²) in [4.78, 5) is 0. The molecule has 1 aromatic rings. The second-order valence-electron chi connectivity index (χ2n) is 5.28. The van der Waals surface area contributed by atoms with Crippen LogP contribution in [0.3, 0.4) is 0 Å². The molecule has 0 heterocycles. The predicted molar refractivity (Wildman–Crippen MR) is 72.7 cm³/mol. The lowest BCUT2D eigenvalue weighted by molar-refractivity contribution is 0.534. The zero-order valence-corrected chi connectivity index (χ0v) is 11.2. The Hall–Kier alpha value is -1.04. The topological polar surface area (TPSA) is 0 Å². The molecule has 16 heavy (non-hydrogen) atoms. The molecular weight excluding hydrogens is 192 g/mol. The summed E-state index contributed by atoms with van der Waals surface area (Å²) in [6, 6.07) is 10.9. The molecule has 0 fully saturated rings. The number of allylic oxidation sites excluding steroid dienone is 2. The van der Waals surface area contributed by atoms with Crippen molar-refractivity contribution in [3.63, 3.8) is 0 Å². The lowest BCUT2D eigenvalue weighted by Gasteiger charge is -2.22. The molecule has 0 amide bonds. The van der Waals surface area contributed by atoms with Gasteiger partial charge in [-0.15, -0.1) is 0 Å². The molecule has 88 valence electrons. The standard InChI is InChI=1S/C16H24/c1-12(2)11-16(14(5)13(3)4)15-9-7-6-8-10-15/h6-10,12,16H,11H2,1-5H3. The fraction of sp³-hybridized carbons (Fsp3) is 0.500. The van der Waals surface area contributed by atoms with Gasteiger partial charge in [0.1, 0.15) is 0 Å².